The molecule has 0 saturated heterocycles. The summed E-state index contributed by atoms with van der Waals surface area (Å²) in [5.41, 5.74) is 2.82. The van der Waals surface area contributed by atoms with Gasteiger partial charge in [0, 0.05) is 6.54 Å². The molecule has 0 aromatic carbocycles. The van der Waals surface area contributed by atoms with Gasteiger partial charge >= 0.3 is 5.97 Å². The van der Waals surface area contributed by atoms with E-state index in [1.807, 2.05) is 0 Å². The average molecular weight is 201 g/mol. The molecule has 4 heteroatoms. The Balaban J connectivity index is 1.90. The van der Waals surface area contributed by atoms with Crippen LogP contribution in [0, 0.1) is 0 Å². The molecule has 1 fully saturated rings. The minimum Gasteiger partial charge on any atom is -0.466 e. The van der Waals surface area contributed by atoms with E-state index in [2.05, 4.69) is 5.48 Å². The Morgan fingerprint density at radius 1 is 1.43 bits per heavy atom. The van der Waals surface area contributed by atoms with Crippen LogP contribution in [0.15, 0.2) is 0 Å². The van der Waals surface area contributed by atoms with E-state index in [1.165, 1.54) is 12.8 Å². The summed E-state index contributed by atoms with van der Waals surface area (Å²) in [5, 5.41) is 0. The van der Waals surface area contributed by atoms with Crippen molar-refractivity contribution in [3.63, 3.8) is 0 Å². The Morgan fingerprint density at radius 2 is 2.14 bits per heavy atom. The topological polar surface area (TPSA) is 47.6 Å². The predicted octanol–water partition coefficient (Wildman–Crippen LogP) is 1.40. The lowest BCUT2D eigenvalue weighted by Crippen LogP contribution is -2.24. The van der Waals surface area contributed by atoms with Crippen molar-refractivity contribution < 1.29 is 14.4 Å². The molecule has 4 nitrogen and oxygen atoms in total. The molecule has 0 radical (unpaired) electrons. The summed E-state index contributed by atoms with van der Waals surface area (Å²) >= 11 is 0. The van der Waals surface area contributed by atoms with Crippen LogP contribution in [0.25, 0.3) is 0 Å². The smallest absolute Gasteiger partial charge is 0.307 e. The van der Waals surface area contributed by atoms with Gasteiger partial charge in [0.25, 0.3) is 0 Å². The Hall–Kier alpha value is -0.610. The second-order valence-electron chi connectivity index (χ2n) is 3.47. The molecule has 0 heterocycles. The molecule has 0 spiro atoms. The number of hydroxylamine groups is 1. The predicted molar refractivity (Wildman–Crippen MR) is 52.6 cm³/mol. The highest BCUT2D eigenvalue weighted by molar-refractivity contribution is 5.69. The molecule has 0 unspecified atom stereocenters. The fraction of sp³-hybridized carbons (Fsp3) is 0.900. The minimum atomic E-state index is -0.171. The summed E-state index contributed by atoms with van der Waals surface area (Å²) < 4.78 is 4.78. The van der Waals surface area contributed by atoms with E-state index in [0.717, 1.165) is 12.8 Å². The number of carbonyl (C=O) groups excluding carboxylic acids is 1. The van der Waals surface area contributed by atoms with Gasteiger partial charge in [-0.3, -0.25) is 9.63 Å². The lowest BCUT2D eigenvalue weighted by molar-refractivity contribution is -0.143. The van der Waals surface area contributed by atoms with Gasteiger partial charge in [-0.1, -0.05) is 12.8 Å². The molecule has 0 bridgehead atoms. The number of nitrogens with one attached hydrogen (secondary N) is 1. The fourth-order valence-electron chi connectivity index (χ4n) is 1.57. The molecular formula is C10H19NO3. The largest absolute Gasteiger partial charge is 0.466 e. The van der Waals surface area contributed by atoms with Crippen LogP contribution < -0.4 is 5.48 Å². The second kappa shape index (κ2) is 6.79. The first-order chi connectivity index (χ1) is 6.83. The van der Waals surface area contributed by atoms with E-state index in [0.29, 0.717) is 25.7 Å². The zero-order valence-corrected chi connectivity index (χ0v) is 8.75. The molecule has 0 atom stereocenters. The van der Waals surface area contributed by atoms with Crippen LogP contribution >= 0.6 is 0 Å². The van der Waals surface area contributed by atoms with E-state index >= 15 is 0 Å². The molecular weight excluding hydrogens is 182 g/mol. The van der Waals surface area contributed by atoms with Crippen LogP contribution in [0.3, 0.4) is 0 Å². The summed E-state index contributed by atoms with van der Waals surface area (Å²) in [7, 11) is 0. The van der Waals surface area contributed by atoms with Gasteiger partial charge in [-0.05, 0) is 19.8 Å². The van der Waals surface area contributed by atoms with Crippen molar-refractivity contribution >= 4 is 5.97 Å². The molecule has 0 amide bonds. The van der Waals surface area contributed by atoms with Gasteiger partial charge in [0.2, 0.25) is 0 Å². The highest BCUT2D eigenvalue weighted by Gasteiger charge is 2.15. The lowest BCUT2D eigenvalue weighted by Gasteiger charge is -2.10. The third kappa shape index (κ3) is 4.58. The quantitative estimate of drug-likeness (QED) is 0.401. The standard InChI is InChI=1S/C10H19NO3/c1-2-13-10(12)7-8-11-14-9-5-3-4-6-9/h9,11H,2-8H2,1H3. The van der Waals surface area contributed by atoms with E-state index in [1.54, 1.807) is 6.92 Å². The molecule has 0 aliphatic heterocycles. The maximum absolute atomic E-state index is 10.9. The van der Waals surface area contributed by atoms with Gasteiger partial charge in [0.05, 0.1) is 19.1 Å². The third-order valence-electron chi connectivity index (χ3n) is 2.29. The lowest BCUT2D eigenvalue weighted by atomic mass is 10.3. The van der Waals surface area contributed by atoms with Crippen LogP contribution in [0.5, 0.6) is 0 Å². The maximum Gasteiger partial charge on any atom is 0.307 e. The van der Waals surface area contributed by atoms with Crippen LogP contribution in [0.1, 0.15) is 39.0 Å². The number of carbonyl (C=O) groups is 1. The second-order valence-corrected chi connectivity index (χ2v) is 3.47. The fourth-order valence-corrected chi connectivity index (χ4v) is 1.57. The van der Waals surface area contributed by atoms with Crippen molar-refractivity contribution in [1.82, 2.24) is 5.48 Å². The highest BCUT2D eigenvalue weighted by atomic mass is 16.7. The summed E-state index contributed by atoms with van der Waals surface area (Å²) in [6, 6.07) is 0. The first-order valence-electron chi connectivity index (χ1n) is 5.37. The summed E-state index contributed by atoms with van der Waals surface area (Å²) in [5.74, 6) is -0.171. The number of hydrogen-bond donors (Lipinski definition) is 1. The van der Waals surface area contributed by atoms with E-state index in [4.69, 9.17) is 9.57 Å². The zero-order chi connectivity index (χ0) is 10.2. The zero-order valence-electron chi connectivity index (χ0n) is 8.75. The van der Waals surface area contributed by atoms with Crippen LogP contribution in [0.4, 0.5) is 0 Å². The average Bonchev–Trinajstić information content (AvgIpc) is 2.65. The van der Waals surface area contributed by atoms with E-state index in [9.17, 15) is 4.79 Å². The normalized spacial score (nSPS) is 17.2. The van der Waals surface area contributed by atoms with Gasteiger partial charge < -0.3 is 4.74 Å². The number of esters is 1. The van der Waals surface area contributed by atoms with Gasteiger partial charge in [-0.15, -0.1) is 0 Å². The van der Waals surface area contributed by atoms with E-state index in [-0.39, 0.29) is 5.97 Å². The van der Waals surface area contributed by atoms with Gasteiger partial charge in [-0.2, -0.15) is 0 Å². The van der Waals surface area contributed by atoms with Crippen LogP contribution in [0.2, 0.25) is 0 Å². The van der Waals surface area contributed by atoms with Crippen LogP contribution in [-0.4, -0.2) is 25.2 Å². The monoisotopic (exact) mass is 201 g/mol. The van der Waals surface area contributed by atoms with Crippen molar-refractivity contribution in [1.29, 1.82) is 0 Å². The Morgan fingerprint density at radius 3 is 2.79 bits per heavy atom. The molecule has 82 valence electrons. The van der Waals surface area contributed by atoms with Crippen molar-refractivity contribution in [2.45, 2.75) is 45.1 Å². The number of ether oxygens (including phenoxy) is 1. The van der Waals surface area contributed by atoms with Crippen molar-refractivity contribution in [3.8, 4) is 0 Å². The first-order valence-corrected chi connectivity index (χ1v) is 5.37. The maximum atomic E-state index is 10.9. The SMILES string of the molecule is CCOC(=O)CCNOC1CCCC1. The summed E-state index contributed by atoms with van der Waals surface area (Å²) in [6.45, 7) is 2.79. The van der Waals surface area contributed by atoms with Crippen LogP contribution in [-0.2, 0) is 14.4 Å². The molecule has 1 aliphatic rings. The van der Waals surface area contributed by atoms with Gasteiger partial charge in [-0.25, -0.2) is 5.48 Å². The highest BCUT2D eigenvalue weighted by Crippen LogP contribution is 2.19. The molecule has 0 aromatic heterocycles. The van der Waals surface area contributed by atoms with Crippen molar-refractivity contribution in [2.75, 3.05) is 13.2 Å². The molecule has 14 heavy (non-hydrogen) atoms. The summed E-state index contributed by atoms with van der Waals surface area (Å²) in [6.07, 6.45) is 5.49. The van der Waals surface area contributed by atoms with Crippen molar-refractivity contribution in [2.24, 2.45) is 0 Å². The molecule has 1 aliphatic carbocycles. The Bertz CT molecular complexity index is 167. The Labute approximate surface area is 84.9 Å². The van der Waals surface area contributed by atoms with Crippen molar-refractivity contribution in [3.05, 3.63) is 0 Å². The van der Waals surface area contributed by atoms with Gasteiger partial charge in [0.15, 0.2) is 0 Å². The third-order valence-corrected chi connectivity index (χ3v) is 2.29. The number of hydrogen-bond acceptors (Lipinski definition) is 4. The minimum absolute atomic E-state index is 0.171. The first kappa shape index (κ1) is 11.5. The van der Waals surface area contributed by atoms with E-state index < -0.39 is 0 Å². The number of rotatable bonds is 6. The molecule has 0 aromatic rings. The molecule has 1 saturated carbocycles. The molecule has 1 N–H and O–H groups in total. The van der Waals surface area contributed by atoms with Gasteiger partial charge in [0.1, 0.15) is 0 Å². The summed E-state index contributed by atoms with van der Waals surface area (Å²) in [4.78, 5) is 16.3. The molecule has 1 rings (SSSR count). The Kier molecular flexibility index (Phi) is 5.56.